The Labute approximate surface area is 164 Å². The predicted molar refractivity (Wildman–Crippen MR) is 102 cm³/mol. The van der Waals surface area contributed by atoms with E-state index < -0.39 is 5.54 Å². The summed E-state index contributed by atoms with van der Waals surface area (Å²) in [5.74, 6) is -0.273. The summed E-state index contributed by atoms with van der Waals surface area (Å²) in [6.07, 6.45) is 3.46. The Kier molecular flexibility index (Phi) is 5.64. The fraction of sp³-hybridized carbons (Fsp3) is 0.619. The first-order chi connectivity index (χ1) is 13.6. The number of carbonyl (C=O) groups is 2. The molecular formula is C21H28FN3O3. The van der Waals surface area contributed by atoms with Crippen LogP contribution < -0.4 is 10.6 Å². The van der Waals surface area contributed by atoms with Gasteiger partial charge < -0.3 is 15.4 Å². The van der Waals surface area contributed by atoms with Crippen LogP contribution in [0.2, 0.25) is 0 Å². The van der Waals surface area contributed by atoms with E-state index in [9.17, 15) is 14.0 Å². The molecule has 3 fully saturated rings. The first kappa shape index (κ1) is 19.3. The number of benzene rings is 1. The summed E-state index contributed by atoms with van der Waals surface area (Å²) < 4.78 is 19.8. The summed E-state index contributed by atoms with van der Waals surface area (Å²) in [5, 5.41) is 6.32. The Morgan fingerprint density at radius 3 is 2.54 bits per heavy atom. The van der Waals surface area contributed by atoms with Gasteiger partial charge in [0.1, 0.15) is 11.4 Å². The molecular weight excluding hydrogens is 361 g/mol. The highest BCUT2D eigenvalue weighted by atomic mass is 19.1. The molecule has 0 radical (unpaired) electrons. The van der Waals surface area contributed by atoms with Crippen LogP contribution in [0.15, 0.2) is 24.3 Å². The van der Waals surface area contributed by atoms with Gasteiger partial charge in [-0.15, -0.1) is 0 Å². The van der Waals surface area contributed by atoms with E-state index in [4.69, 9.17) is 4.74 Å². The monoisotopic (exact) mass is 389 g/mol. The highest BCUT2D eigenvalue weighted by molar-refractivity contribution is 6.07. The first-order valence-corrected chi connectivity index (χ1v) is 10.3. The van der Waals surface area contributed by atoms with E-state index in [0.29, 0.717) is 25.3 Å². The number of ether oxygens (including phenoxy) is 1. The van der Waals surface area contributed by atoms with Gasteiger partial charge in [-0.1, -0.05) is 18.2 Å². The normalized spacial score (nSPS) is 27.2. The Balaban J connectivity index is 1.62. The number of amides is 3. The molecule has 0 saturated carbocycles. The summed E-state index contributed by atoms with van der Waals surface area (Å²) >= 11 is 0. The van der Waals surface area contributed by atoms with Crippen molar-refractivity contribution in [3.63, 3.8) is 0 Å². The molecule has 3 saturated heterocycles. The number of hydrogen-bond acceptors (Lipinski definition) is 4. The number of nitrogens with one attached hydrogen (secondary N) is 2. The van der Waals surface area contributed by atoms with E-state index in [0.717, 1.165) is 38.8 Å². The largest absolute Gasteiger partial charge is 0.381 e. The molecule has 3 heterocycles. The molecule has 152 valence electrons. The molecule has 7 heteroatoms. The predicted octanol–water partition coefficient (Wildman–Crippen LogP) is 2.08. The van der Waals surface area contributed by atoms with E-state index in [1.54, 1.807) is 18.2 Å². The van der Waals surface area contributed by atoms with E-state index >= 15 is 0 Å². The second kappa shape index (κ2) is 8.17. The van der Waals surface area contributed by atoms with Crippen LogP contribution in [0.4, 0.5) is 9.18 Å². The zero-order valence-electron chi connectivity index (χ0n) is 16.1. The van der Waals surface area contributed by atoms with Gasteiger partial charge in [-0.25, -0.2) is 9.18 Å². The van der Waals surface area contributed by atoms with Crippen LogP contribution in [0.3, 0.4) is 0 Å². The Hall–Kier alpha value is -1.99. The minimum Gasteiger partial charge on any atom is -0.381 e. The SMILES string of the molecule is O=C1N[C@](Cc2ccccc2F)(C2CCNCC2)C(=O)N1CC1CCOCC1. The van der Waals surface area contributed by atoms with Gasteiger partial charge in [0, 0.05) is 26.2 Å². The number of hydrogen-bond donors (Lipinski definition) is 2. The maximum Gasteiger partial charge on any atom is 0.325 e. The van der Waals surface area contributed by atoms with Crippen LogP contribution in [0, 0.1) is 17.7 Å². The van der Waals surface area contributed by atoms with Crippen LogP contribution in [-0.2, 0) is 16.0 Å². The molecule has 1 atom stereocenters. The van der Waals surface area contributed by atoms with Crippen molar-refractivity contribution in [2.45, 2.75) is 37.6 Å². The molecule has 3 amide bonds. The smallest absolute Gasteiger partial charge is 0.325 e. The van der Waals surface area contributed by atoms with Gasteiger partial charge in [-0.3, -0.25) is 9.69 Å². The zero-order chi connectivity index (χ0) is 19.6. The van der Waals surface area contributed by atoms with Crippen LogP contribution in [0.25, 0.3) is 0 Å². The molecule has 1 aromatic carbocycles. The maximum atomic E-state index is 14.4. The number of rotatable bonds is 5. The lowest BCUT2D eigenvalue weighted by molar-refractivity contribution is -0.134. The molecule has 0 aromatic heterocycles. The minimum absolute atomic E-state index is 0.00973. The third kappa shape index (κ3) is 3.65. The lowest BCUT2D eigenvalue weighted by Crippen LogP contribution is -2.57. The molecule has 3 aliphatic rings. The Morgan fingerprint density at radius 1 is 1.11 bits per heavy atom. The molecule has 3 aliphatic heterocycles. The van der Waals surface area contributed by atoms with E-state index in [1.807, 2.05) is 0 Å². The lowest BCUT2D eigenvalue weighted by Gasteiger charge is -2.38. The quantitative estimate of drug-likeness (QED) is 0.757. The van der Waals surface area contributed by atoms with Gasteiger partial charge in [-0.2, -0.15) is 0 Å². The standard InChI is InChI=1S/C21H28FN3O3/c22-18-4-2-1-3-16(18)13-21(17-5-9-23-10-6-17)19(26)25(20(27)24-21)14-15-7-11-28-12-8-15/h1-4,15,17,23H,5-14H2,(H,24,27)/t21-/m1/s1. The van der Waals surface area contributed by atoms with Crippen molar-refractivity contribution in [3.05, 3.63) is 35.6 Å². The van der Waals surface area contributed by atoms with E-state index in [2.05, 4.69) is 10.6 Å². The fourth-order valence-electron chi connectivity index (χ4n) is 4.80. The van der Waals surface area contributed by atoms with Crippen LogP contribution in [-0.4, -0.2) is 55.2 Å². The molecule has 1 aromatic rings. The molecule has 0 spiro atoms. The summed E-state index contributed by atoms with van der Waals surface area (Å²) in [4.78, 5) is 27.8. The third-order valence-corrected chi connectivity index (χ3v) is 6.45. The zero-order valence-corrected chi connectivity index (χ0v) is 16.1. The molecule has 0 bridgehead atoms. The number of nitrogens with zero attached hydrogens (tertiary/aromatic N) is 1. The number of urea groups is 1. The van der Waals surface area contributed by atoms with Crippen molar-refractivity contribution in [2.24, 2.45) is 11.8 Å². The fourth-order valence-corrected chi connectivity index (χ4v) is 4.80. The third-order valence-electron chi connectivity index (χ3n) is 6.45. The first-order valence-electron chi connectivity index (χ1n) is 10.3. The van der Waals surface area contributed by atoms with Crippen LogP contribution >= 0.6 is 0 Å². The molecule has 28 heavy (non-hydrogen) atoms. The molecule has 6 nitrogen and oxygen atoms in total. The highest BCUT2D eigenvalue weighted by Crippen LogP contribution is 2.36. The average Bonchev–Trinajstić information content (AvgIpc) is 2.96. The van der Waals surface area contributed by atoms with Crippen molar-refractivity contribution < 1.29 is 18.7 Å². The van der Waals surface area contributed by atoms with Crippen molar-refractivity contribution in [3.8, 4) is 0 Å². The lowest BCUT2D eigenvalue weighted by atomic mass is 9.74. The second-order valence-corrected chi connectivity index (χ2v) is 8.17. The molecule has 0 aliphatic carbocycles. The summed E-state index contributed by atoms with van der Waals surface area (Å²) in [6, 6.07) is 6.19. The van der Waals surface area contributed by atoms with Gasteiger partial charge in [0.05, 0.1) is 0 Å². The number of carbonyl (C=O) groups excluding carboxylic acids is 2. The highest BCUT2D eigenvalue weighted by Gasteiger charge is 2.56. The van der Waals surface area contributed by atoms with Crippen molar-refractivity contribution in [1.29, 1.82) is 0 Å². The maximum absolute atomic E-state index is 14.4. The summed E-state index contributed by atoms with van der Waals surface area (Å²) in [6.45, 7) is 3.35. The Bertz CT molecular complexity index is 731. The molecule has 2 N–H and O–H groups in total. The van der Waals surface area contributed by atoms with Crippen LogP contribution in [0.1, 0.15) is 31.2 Å². The van der Waals surface area contributed by atoms with Crippen molar-refractivity contribution in [2.75, 3.05) is 32.8 Å². The Morgan fingerprint density at radius 2 is 1.82 bits per heavy atom. The van der Waals surface area contributed by atoms with Gasteiger partial charge in [-0.05, 0) is 62.2 Å². The van der Waals surface area contributed by atoms with Gasteiger partial charge >= 0.3 is 6.03 Å². The topological polar surface area (TPSA) is 70.7 Å². The van der Waals surface area contributed by atoms with Crippen molar-refractivity contribution in [1.82, 2.24) is 15.5 Å². The van der Waals surface area contributed by atoms with Gasteiger partial charge in [0.15, 0.2) is 0 Å². The van der Waals surface area contributed by atoms with Crippen molar-refractivity contribution >= 4 is 11.9 Å². The average molecular weight is 389 g/mol. The number of piperidine rings is 1. The summed E-state index contributed by atoms with van der Waals surface area (Å²) in [7, 11) is 0. The summed E-state index contributed by atoms with van der Waals surface area (Å²) in [5.41, 5.74) is -0.588. The second-order valence-electron chi connectivity index (χ2n) is 8.17. The minimum atomic E-state index is -1.06. The molecule has 0 unspecified atom stereocenters. The van der Waals surface area contributed by atoms with Gasteiger partial charge in [0.25, 0.3) is 5.91 Å². The van der Waals surface area contributed by atoms with Crippen LogP contribution in [0.5, 0.6) is 0 Å². The van der Waals surface area contributed by atoms with E-state index in [-0.39, 0.29) is 36.0 Å². The number of imide groups is 1. The molecule has 4 rings (SSSR count). The number of halogens is 1. The van der Waals surface area contributed by atoms with Gasteiger partial charge in [0.2, 0.25) is 0 Å². The van der Waals surface area contributed by atoms with E-state index in [1.165, 1.54) is 11.0 Å².